The number of hydrogen-bond donors (Lipinski definition) is 2. The smallest absolute Gasteiger partial charge is 0.275 e. The molecule has 0 spiro atoms. The number of oxazole rings is 1. The van der Waals surface area contributed by atoms with Crippen LogP contribution in [0.5, 0.6) is 0 Å². The van der Waals surface area contributed by atoms with E-state index in [1.54, 1.807) is 4.90 Å². The van der Waals surface area contributed by atoms with E-state index in [4.69, 9.17) is 4.42 Å². The Bertz CT molecular complexity index is 736. The van der Waals surface area contributed by atoms with Crippen molar-refractivity contribution in [1.82, 2.24) is 25.4 Å². The minimum absolute atomic E-state index is 0.0523. The summed E-state index contributed by atoms with van der Waals surface area (Å²) < 4.78 is 5.42. The van der Waals surface area contributed by atoms with E-state index < -0.39 is 6.04 Å². The molecule has 2 aliphatic heterocycles. The molecule has 0 aromatic carbocycles. The summed E-state index contributed by atoms with van der Waals surface area (Å²) in [6, 6.07) is -0.404. The molecule has 0 bridgehead atoms. The molecule has 4 rings (SSSR count). The highest BCUT2D eigenvalue weighted by atomic mass is 16.3. The van der Waals surface area contributed by atoms with Gasteiger partial charge in [-0.3, -0.25) is 19.3 Å². The number of aromatic nitrogens is 1. The Balaban J connectivity index is 1.16. The molecule has 2 saturated heterocycles. The van der Waals surface area contributed by atoms with Gasteiger partial charge in [0.1, 0.15) is 12.3 Å². The quantitative estimate of drug-likeness (QED) is 0.714. The maximum absolute atomic E-state index is 12.6. The number of amides is 3. The van der Waals surface area contributed by atoms with Gasteiger partial charge in [0.05, 0.1) is 0 Å². The first kappa shape index (κ1) is 18.9. The van der Waals surface area contributed by atoms with Crippen molar-refractivity contribution >= 4 is 17.7 Å². The lowest BCUT2D eigenvalue weighted by Crippen LogP contribution is -2.52. The summed E-state index contributed by atoms with van der Waals surface area (Å²) in [7, 11) is 0. The Morgan fingerprint density at radius 1 is 1.21 bits per heavy atom. The van der Waals surface area contributed by atoms with Gasteiger partial charge in [0.15, 0.2) is 11.6 Å². The molecule has 1 saturated carbocycles. The molecule has 2 N–H and O–H groups in total. The molecule has 1 aromatic heterocycles. The Labute approximate surface area is 163 Å². The van der Waals surface area contributed by atoms with Gasteiger partial charge in [-0.2, -0.15) is 0 Å². The van der Waals surface area contributed by atoms with Crippen LogP contribution in [0.1, 0.15) is 54.4 Å². The van der Waals surface area contributed by atoms with Gasteiger partial charge >= 0.3 is 0 Å². The van der Waals surface area contributed by atoms with Crippen LogP contribution in [0.2, 0.25) is 0 Å². The topological polar surface area (TPSA) is 108 Å². The summed E-state index contributed by atoms with van der Waals surface area (Å²) >= 11 is 0. The summed E-state index contributed by atoms with van der Waals surface area (Å²) in [5.41, 5.74) is 0.400. The van der Waals surface area contributed by atoms with Gasteiger partial charge < -0.3 is 20.0 Å². The second-order valence-electron chi connectivity index (χ2n) is 7.78. The highest BCUT2D eigenvalue weighted by molar-refractivity contribution is 5.92. The fraction of sp³-hybridized carbons (Fsp3) is 0.684. The molecule has 28 heavy (non-hydrogen) atoms. The van der Waals surface area contributed by atoms with Gasteiger partial charge in [0.2, 0.25) is 11.8 Å². The first-order valence-electron chi connectivity index (χ1n) is 10.1. The number of carbonyl (C=O) groups is 3. The summed E-state index contributed by atoms with van der Waals surface area (Å²) in [5, 5.41) is 5.63. The lowest BCUT2D eigenvalue weighted by atomic mass is 10.0. The normalized spacial score (nSPS) is 23.4. The predicted octanol–water partition coefficient (Wildman–Crippen LogP) is 0.0947. The number of nitrogens with zero attached hydrogens (tertiary/aromatic N) is 3. The lowest BCUT2D eigenvalue weighted by molar-refractivity contribution is -0.131. The first-order chi connectivity index (χ1) is 13.6. The lowest BCUT2D eigenvalue weighted by Gasteiger charge is -2.34. The van der Waals surface area contributed by atoms with E-state index >= 15 is 0 Å². The Kier molecular flexibility index (Phi) is 5.61. The van der Waals surface area contributed by atoms with Crippen molar-refractivity contribution in [1.29, 1.82) is 0 Å². The second kappa shape index (κ2) is 8.30. The van der Waals surface area contributed by atoms with E-state index in [1.807, 2.05) is 0 Å². The molecule has 152 valence electrons. The summed E-state index contributed by atoms with van der Waals surface area (Å²) in [6.07, 6.45) is 5.62. The van der Waals surface area contributed by atoms with E-state index in [1.165, 1.54) is 6.26 Å². The summed E-state index contributed by atoms with van der Waals surface area (Å²) in [6.45, 7) is 4.05. The molecule has 9 heteroatoms. The van der Waals surface area contributed by atoms with Gasteiger partial charge in [-0.05, 0) is 25.7 Å². The van der Waals surface area contributed by atoms with Gasteiger partial charge in [-0.25, -0.2) is 4.98 Å². The van der Waals surface area contributed by atoms with Gasteiger partial charge in [0, 0.05) is 51.6 Å². The minimum Gasteiger partial charge on any atom is -0.448 e. The fourth-order valence-corrected chi connectivity index (χ4v) is 3.70. The largest absolute Gasteiger partial charge is 0.448 e. The Hall–Kier alpha value is -2.42. The molecule has 3 aliphatic rings. The van der Waals surface area contributed by atoms with Crippen molar-refractivity contribution in [3.63, 3.8) is 0 Å². The van der Waals surface area contributed by atoms with Crippen LogP contribution in [-0.4, -0.2) is 77.8 Å². The third kappa shape index (κ3) is 4.52. The van der Waals surface area contributed by atoms with Crippen molar-refractivity contribution in [3.05, 3.63) is 17.8 Å². The third-order valence-corrected chi connectivity index (χ3v) is 5.60. The molecular weight excluding hydrogens is 362 g/mol. The zero-order valence-electron chi connectivity index (χ0n) is 16.0. The average molecular weight is 389 g/mol. The van der Waals surface area contributed by atoms with Crippen LogP contribution in [0.15, 0.2) is 10.7 Å². The molecule has 9 nitrogen and oxygen atoms in total. The van der Waals surface area contributed by atoms with Crippen molar-refractivity contribution < 1.29 is 18.8 Å². The van der Waals surface area contributed by atoms with E-state index in [0.717, 1.165) is 38.9 Å². The van der Waals surface area contributed by atoms with E-state index in [2.05, 4.69) is 20.5 Å². The standard InChI is InChI=1S/C19H27N5O4/c25-16-3-1-2-14(21-16)17(26)20-6-7-23-8-10-24(11-9-23)19(27)15-12-28-18(22-15)13-4-5-13/h12-14H,1-11H2,(H,20,26)(H,21,25)/t14-/m1/s1. The number of hydrogen-bond acceptors (Lipinski definition) is 6. The third-order valence-electron chi connectivity index (χ3n) is 5.60. The summed E-state index contributed by atoms with van der Waals surface area (Å²) in [4.78, 5) is 44.4. The van der Waals surface area contributed by atoms with Crippen LogP contribution in [0.3, 0.4) is 0 Å². The predicted molar refractivity (Wildman–Crippen MR) is 99.6 cm³/mol. The number of nitrogens with one attached hydrogen (secondary N) is 2. The van der Waals surface area contributed by atoms with Gasteiger partial charge in [0.25, 0.3) is 5.91 Å². The zero-order valence-corrected chi connectivity index (χ0v) is 16.0. The molecule has 3 fully saturated rings. The minimum atomic E-state index is -0.404. The molecule has 0 radical (unpaired) electrons. The SMILES string of the molecule is O=C1CCC[C@H](C(=O)NCCN2CCN(C(=O)c3coc(C4CC4)n3)CC2)N1. The summed E-state index contributed by atoms with van der Waals surface area (Å²) in [5.74, 6) is 0.849. The Morgan fingerprint density at radius 2 is 2.00 bits per heavy atom. The van der Waals surface area contributed by atoms with Crippen LogP contribution in [0.4, 0.5) is 0 Å². The second-order valence-corrected chi connectivity index (χ2v) is 7.78. The molecule has 3 amide bonds. The fourth-order valence-electron chi connectivity index (χ4n) is 3.70. The highest BCUT2D eigenvalue weighted by Gasteiger charge is 2.31. The molecule has 1 aromatic rings. The number of rotatable bonds is 6. The van der Waals surface area contributed by atoms with Crippen LogP contribution in [-0.2, 0) is 9.59 Å². The molecule has 3 heterocycles. The molecule has 1 aliphatic carbocycles. The van der Waals surface area contributed by atoms with Gasteiger partial charge in [-0.15, -0.1) is 0 Å². The van der Waals surface area contributed by atoms with E-state index in [-0.39, 0.29) is 17.7 Å². The highest BCUT2D eigenvalue weighted by Crippen LogP contribution is 2.39. The van der Waals surface area contributed by atoms with Crippen molar-refractivity contribution in [3.8, 4) is 0 Å². The van der Waals surface area contributed by atoms with E-state index in [9.17, 15) is 14.4 Å². The van der Waals surface area contributed by atoms with Crippen molar-refractivity contribution in [2.45, 2.75) is 44.1 Å². The van der Waals surface area contributed by atoms with Crippen molar-refractivity contribution in [2.24, 2.45) is 0 Å². The molecule has 1 atom stereocenters. The molecule has 0 unspecified atom stereocenters. The van der Waals surface area contributed by atoms with Crippen LogP contribution in [0, 0.1) is 0 Å². The van der Waals surface area contributed by atoms with Crippen molar-refractivity contribution in [2.75, 3.05) is 39.3 Å². The van der Waals surface area contributed by atoms with Crippen LogP contribution in [0.25, 0.3) is 0 Å². The number of piperidine rings is 1. The van der Waals surface area contributed by atoms with Gasteiger partial charge in [-0.1, -0.05) is 0 Å². The first-order valence-corrected chi connectivity index (χ1v) is 10.1. The molecular formula is C19H27N5O4. The number of piperazine rings is 1. The monoisotopic (exact) mass is 389 g/mol. The zero-order chi connectivity index (χ0) is 19.5. The van der Waals surface area contributed by atoms with E-state index in [0.29, 0.717) is 50.0 Å². The van der Waals surface area contributed by atoms with Crippen LogP contribution < -0.4 is 10.6 Å². The number of carbonyl (C=O) groups excluding carboxylic acids is 3. The maximum Gasteiger partial charge on any atom is 0.275 e. The maximum atomic E-state index is 12.6. The van der Waals surface area contributed by atoms with Crippen LogP contribution >= 0.6 is 0 Å². The average Bonchev–Trinajstić information content (AvgIpc) is 3.44. The Morgan fingerprint density at radius 3 is 2.71 bits per heavy atom.